The lowest BCUT2D eigenvalue weighted by Crippen LogP contribution is -2.53. The van der Waals surface area contributed by atoms with Gasteiger partial charge in [0.15, 0.2) is 0 Å². The van der Waals surface area contributed by atoms with E-state index in [4.69, 9.17) is 5.73 Å². The number of amides is 2. The fourth-order valence-electron chi connectivity index (χ4n) is 2.74. The zero-order valence-corrected chi connectivity index (χ0v) is 15.0. The summed E-state index contributed by atoms with van der Waals surface area (Å²) < 4.78 is 0. The molecule has 1 aromatic carbocycles. The number of nitrogens with two attached hydrogens (primary N) is 1. The van der Waals surface area contributed by atoms with Gasteiger partial charge in [-0.05, 0) is 52.0 Å². The summed E-state index contributed by atoms with van der Waals surface area (Å²) in [7, 11) is 0. The van der Waals surface area contributed by atoms with Gasteiger partial charge in [-0.1, -0.05) is 0 Å². The summed E-state index contributed by atoms with van der Waals surface area (Å²) in [4.78, 5) is 28.3. The summed E-state index contributed by atoms with van der Waals surface area (Å²) in [6, 6.07) is 8.06. The van der Waals surface area contributed by atoms with Crippen LogP contribution in [0.1, 0.15) is 38.1 Å². The Bertz CT molecular complexity index is 588. The van der Waals surface area contributed by atoms with E-state index in [0.717, 1.165) is 31.9 Å². The highest BCUT2D eigenvalue weighted by molar-refractivity contribution is 5.98. The van der Waals surface area contributed by atoms with E-state index in [1.807, 2.05) is 12.1 Å². The highest BCUT2D eigenvalue weighted by Crippen LogP contribution is 2.18. The van der Waals surface area contributed by atoms with Crippen LogP contribution in [0, 0.1) is 0 Å². The molecule has 0 saturated carbocycles. The number of hydrogen-bond acceptors (Lipinski definition) is 4. The van der Waals surface area contributed by atoms with Gasteiger partial charge in [-0.25, -0.2) is 0 Å². The maximum Gasteiger partial charge on any atom is 0.252 e. The van der Waals surface area contributed by atoms with Crippen molar-refractivity contribution < 1.29 is 9.59 Å². The number of piperazine rings is 1. The van der Waals surface area contributed by atoms with Crippen LogP contribution in [-0.2, 0) is 4.79 Å². The molecular formula is C18H28N4O2. The van der Waals surface area contributed by atoms with Crippen LogP contribution in [0.3, 0.4) is 0 Å². The molecule has 24 heavy (non-hydrogen) atoms. The smallest absolute Gasteiger partial charge is 0.252 e. The third-order valence-electron chi connectivity index (χ3n) is 4.58. The Morgan fingerprint density at radius 1 is 1.08 bits per heavy atom. The van der Waals surface area contributed by atoms with Crippen LogP contribution in [0.5, 0.6) is 0 Å². The lowest BCUT2D eigenvalue weighted by Gasteiger charge is -2.38. The van der Waals surface area contributed by atoms with Crippen LogP contribution in [0.15, 0.2) is 24.3 Å². The molecule has 0 aliphatic carbocycles. The molecule has 1 saturated heterocycles. The van der Waals surface area contributed by atoms with Crippen LogP contribution in [0.4, 0.5) is 5.69 Å². The summed E-state index contributed by atoms with van der Waals surface area (Å²) >= 11 is 0. The Morgan fingerprint density at radius 3 is 2.08 bits per heavy atom. The minimum Gasteiger partial charge on any atom is -0.369 e. The molecule has 1 aliphatic rings. The van der Waals surface area contributed by atoms with Gasteiger partial charge >= 0.3 is 0 Å². The summed E-state index contributed by atoms with van der Waals surface area (Å²) in [5.41, 5.74) is 5.86. The first-order valence-corrected chi connectivity index (χ1v) is 8.42. The highest BCUT2D eigenvalue weighted by atomic mass is 16.2. The molecule has 2 rings (SSSR count). The van der Waals surface area contributed by atoms with Gasteiger partial charge in [0.2, 0.25) is 5.91 Å². The van der Waals surface area contributed by atoms with Crippen molar-refractivity contribution in [2.24, 2.45) is 5.73 Å². The van der Waals surface area contributed by atoms with E-state index in [1.165, 1.54) is 0 Å². The molecular weight excluding hydrogens is 304 g/mol. The van der Waals surface area contributed by atoms with Gasteiger partial charge in [-0.3, -0.25) is 14.5 Å². The Kier molecular flexibility index (Phi) is 5.49. The number of nitrogens with zero attached hydrogens (tertiary/aromatic N) is 2. The quantitative estimate of drug-likeness (QED) is 0.849. The van der Waals surface area contributed by atoms with E-state index in [9.17, 15) is 9.59 Å². The summed E-state index contributed by atoms with van der Waals surface area (Å²) in [5, 5.41) is 2.66. The SMILES string of the molecule is CC(C)N1CCN(c2ccc(C(=O)NC(C)(C)C(N)=O)cc2)CC1. The Morgan fingerprint density at radius 2 is 1.62 bits per heavy atom. The second-order valence-electron chi connectivity index (χ2n) is 7.11. The maximum absolute atomic E-state index is 12.2. The second-order valence-corrected chi connectivity index (χ2v) is 7.11. The van der Waals surface area contributed by atoms with E-state index in [-0.39, 0.29) is 5.91 Å². The van der Waals surface area contributed by atoms with E-state index in [1.54, 1.807) is 26.0 Å². The van der Waals surface area contributed by atoms with Crippen molar-refractivity contribution in [3.05, 3.63) is 29.8 Å². The van der Waals surface area contributed by atoms with Gasteiger partial charge in [0.25, 0.3) is 5.91 Å². The van der Waals surface area contributed by atoms with Crippen molar-refractivity contribution in [2.45, 2.75) is 39.3 Å². The third-order valence-corrected chi connectivity index (χ3v) is 4.58. The van der Waals surface area contributed by atoms with Gasteiger partial charge in [-0.2, -0.15) is 0 Å². The number of carbonyl (C=O) groups excluding carboxylic acids is 2. The fourth-order valence-corrected chi connectivity index (χ4v) is 2.74. The molecule has 6 nitrogen and oxygen atoms in total. The monoisotopic (exact) mass is 332 g/mol. The van der Waals surface area contributed by atoms with Gasteiger partial charge in [0, 0.05) is 43.5 Å². The molecule has 2 amide bonds. The number of primary amides is 1. The van der Waals surface area contributed by atoms with Crippen LogP contribution in [-0.4, -0.2) is 54.5 Å². The van der Waals surface area contributed by atoms with E-state index >= 15 is 0 Å². The van der Waals surface area contributed by atoms with Crippen LogP contribution in [0.25, 0.3) is 0 Å². The largest absolute Gasteiger partial charge is 0.369 e. The topological polar surface area (TPSA) is 78.7 Å². The number of anilines is 1. The van der Waals surface area contributed by atoms with E-state index in [2.05, 4.69) is 29.0 Å². The molecule has 0 radical (unpaired) electrons. The minimum absolute atomic E-state index is 0.296. The van der Waals surface area contributed by atoms with Crippen LogP contribution in [0.2, 0.25) is 0 Å². The zero-order valence-electron chi connectivity index (χ0n) is 15.0. The van der Waals surface area contributed by atoms with Crippen molar-refractivity contribution in [1.82, 2.24) is 10.2 Å². The molecule has 132 valence electrons. The number of hydrogen-bond donors (Lipinski definition) is 2. The standard InChI is InChI=1S/C18H28N4O2/c1-13(2)21-9-11-22(12-10-21)15-7-5-14(6-8-15)16(23)20-18(3,4)17(19)24/h5-8,13H,9-12H2,1-4H3,(H2,19,24)(H,20,23). The van der Waals surface area contributed by atoms with Gasteiger partial charge in [0.1, 0.15) is 5.54 Å². The first kappa shape index (κ1) is 18.3. The summed E-state index contributed by atoms with van der Waals surface area (Å²) in [5.74, 6) is -0.856. The average Bonchev–Trinajstić information content (AvgIpc) is 2.54. The predicted molar refractivity (Wildman–Crippen MR) is 96.1 cm³/mol. The van der Waals surface area contributed by atoms with E-state index in [0.29, 0.717) is 11.6 Å². The molecule has 1 fully saturated rings. The number of rotatable bonds is 5. The zero-order chi connectivity index (χ0) is 17.9. The normalized spacial score (nSPS) is 16.3. The molecule has 3 N–H and O–H groups in total. The van der Waals surface area contributed by atoms with Crippen molar-refractivity contribution in [3.63, 3.8) is 0 Å². The van der Waals surface area contributed by atoms with Crippen LogP contribution >= 0.6 is 0 Å². The fraction of sp³-hybridized carbons (Fsp3) is 0.556. The molecule has 0 aromatic heterocycles. The first-order chi connectivity index (χ1) is 11.2. The Hall–Kier alpha value is -2.08. The average molecular weight is 332 g/mol. The molecule has 6 heteroatoms. The Balaban J connectivity index is 1.98. The van der Waals surface area contributed by atoms with Crippen molar-refractivity contribution in [1.29, 1.82) is 0 Å². The number of benzene rings is 1. The summed E-state index contributed by atoms with van der Waals surface area (Å²) in [6.45, 7) is 11.7. The molecule has 0 spiro atoms. The molecule has 0 bridgehead atoms. The minimum atomic E-state index is -1.07. The number of nitrogens with one attached hydrogen (secondary N) is 1. The van der Waals surface area contributed by atoms with Crippen molar-refractivity contribution >= 4 is 17.5 Å². The molecule has 0 atom stereocenters. The third kappa shape index (κ3) is 4.26. The molecule has 1 aromatic rings. The predicted octanol–water partition coefficient (Wildman–Crippen LogP) is 1.21. The highest BCUT2D eigenvalue weighted by Gasteiger charge is 2.27. The van der Waals surface area contributed by atoms with Crippen LogP contribution < -0.4 is 16.0 Å². The van der Waals surface area contributed by atoms with Crippen molar-refractivity contribution in [2.75, 3.05) is 31.1 Å². The van der Waals surface area contributed by atoms with Crippen molar-refractivity contribution in [3.8, 4) is 0 Å². The molecule has 1 aliphatic heterocycles. The lowest BCUT2D eigenvalue weighted by atomic mass is 10.0. The second kappa shape index (κ2) is 7.21. The van der Waals surface area contributed by atoms with E-state index < -0.39 is 11.4 Å². The summed E-state index contributed by atoms with van der Waals surface area (Å²) in [6.07, 6.45) is 0. The Labute approximate surface area is 144 Å². The first-order valence-electron chi connectivity index (χ1n) is 8.42. The van der Waals surface area contributed by atoms with Gasteiger partial charge < -0.3 is 16.0 Å². The number of carbonyl (C=O) groups is 2. The lowest BCUT2D eigenvalue weighted by molar-refractivity contribution is -0.122. The van der Waals surface area contributed by atoms with Gasteiger partial charge in [0.05, 0.1) is 0 Å². The molecule has 1 heterocycles. The molecule has 0 unspecified atom stereocenters. The van der Waals surface area contributed by atoms with Gasteiger partial charge in [-0.15, -0.1) is 0 Å². The maximum atomic E-state index is 12.2.